The van der Waals surface area contributed by atoms with Gasteiger partial charge >= 0.3 is 0 Å². The Hall–Kier alpha value is -3.09. The Morgan fingerprint density at radius 2 is 2.04 bits per heavy atom. The maximum atomic E-state index is 13.6. The third-order valence-corrected chi connectivity index (χ3v) is 3.60. The van der Waals surface area contributed by atoms with E-state index >= 15 is 0 Å². The number of nitrogens with zero attached hydrogens (tertiary/aromatic N) is 3. The third-order valence-electron chi connectivity index (χ3n) is 3.60. The highest BCUT2D eigenvalue weighted by Crippen LogP contribution is 2.16. The van der Waals surface area contributed by atoms with Gasteiger partial charge in [-0.2, -0.15) is 9.78 Å². The molecule has 2 heterocycles. The number of aromatic nitrogens is 3. The lowest BCUT2D eigenvalue weighted by Gasteiger charge is -2.08. The summed E-state index contributed by atoms with van der Waals surface area (Å²) in [5.74, 6) is -0.514. The van der Waals surface area contributed by atoms with E-state index in [1.807, 2.05) is 13.0 Å². The molecule has 0 saturated heterocycles. The van der Waals surface area contributed by atoms with Crippen LogP contribution in [-0.4, -0.2) is 20.7 Å². The summed E-state index contributed by atoms with van der Waals surface area (Å²) in [5, 5.41) is 7.07. The van der Waals surface area contributed by atoms with Gasteiger partial charge in [-0.15, -0.1) is 0 Å². The largest absolute Gasteiger partial charge is 0.311 e. The molecule has 0 aliphatic heterocycles. The average molecular weight is 342 g/mol. The highest BCUT2D eigenvalue weighted by molar-refractivity contribution is 5.90. The summed E-state index contributed by atoms with van der Waals surface area (Å²) in [6.45, 7) is 1.81. The minimum Gasteiger partial charge on any atom is -0.311 e. The molecule has 0 aliphatic rings. The first kappa shape index (κ1) is 16.8. The van der Waals surface area contributed by atoms with E-state index < -0.39 is 11.6 Å². The minimum absolute atomic E-state index is 0.0645. The fourth-order valence-corrected chi connectivity index (χ4v) is 2.42. The van der Waals surface area contributed by atoms with Crippen molar-refractivity contribution in [3.05, 3.63) is 71.6 Å². The third kappa shape index (κ3) is 4.06. The Bertz CT molecular complexity index is 893. The molecule has 0 aliphatic carbocycles. The van der Waals surface area contributed by atoms with Crippen LogP contribution < -0.4 is 5.32 Å². The Balaban J connectivity index is 1.69. The van der Waals surface area contributed by atoms with Crippen molar-refractivity contribution < 1.29 is 13.6 Å². The molecule has 0 atom stereocenters. The number of pyridine rings is 1. The molecule has 5 nitrogen and oxygen atoms in total. The van der Waals surface area contributed by atoms with Gasteiger partial charge in [0.05, 0.1) is 5.69 Å². The highest BCUT2D eigenvalue weighted by atomic mass is 19.1. The van der Waals surface area contributed by atoms with Crippen molar-refractivity contribution >= 4 is 11.7 Å². The Kier molecular flexibility index (Phi) is 4.83. The predicted octanol–water partition coefficient (Wildman–Crippen LogP) is 3.43. The van der Waals surface area contributed by atoms with Gasteiger partial charge in [0.25, 0.3) is 0 Å². The summed E-state index contributed by atoms with van der Waals surface area (Å²) in [6.07, 6.45) is 1.87. The van der Waals surface area contributed by atoms with Crippen molar-refractivity contribution in [1.82, 2.24) is 14.8 Å². The molecule has 25 heavy (non-hydrogen) atoms. The number of hydrogen-bond acceptors (Lipinski definition) is 3. The summed E-state index contributed by atoms with van der Waals surface area (Å²) < 4.78 is 28.1. The lowest BCUT2D eigenvalue weighted by molar-refractivity contribution is -0.116. The van der Waals surface area contributed by atoms with Gasteiger partial charge in [0.2, 0.25) is 5.91 Å². The van der Waals surface area contributed by atoms with Gasteiger partial charge in [-0.05, 0) is 37.1 Å². The van der Waals surface area contributed by atoms with E-state index in [0.29, 0.717) is 17.2 Å². The van der Waals surface area contributed by atoms with Crippen molar-refractivity contribution in [3.63, 3.8) is 0 Å². The zero-order chi connectivity index (χ0) is 17.8. The first-order valence-electron chi connectivity index (χ1n) is 7.75. The van der Waals surface area contributed by atoms with Crippen LogP contribution in [0.3, 0.4) is 0 Å². The van der Waals surface area contributed by atoms with Crippen molar-refractivity contribution in [3.8, 4) is 5.82 Å². The summed E-state index contributed by atoms with van der Waals surface area (Å²) in [7, 11) is 0. The summed E-state index contributed by atoms with van der Waals surface area (Å²) >= 11 is 0. The number of carbonyl (C=O) groups excluding carboxylic acids is 1. The van der Waals surface area contributed by atoms with E-state index in [1.54, 1.807) is 24.4 Å². The molecule has 0 unspecified atom stereocenters. The van der Waals surface area contributed by atoms with Gasteiger partial charge in [-0.25, -0.2) is 13.8 Å². The van der Waals surface area contributed by atoms with Crippen LogP contribution in [0.15, 0.2) is 48.7 Å². The fraction of sp³-hybridized carbons (Fsp3) is 0.167. The Labute approximate surface area is 143 Å². The van der Waals surface area contributed by atoms with Crippen LogP contribution in [0.4, 0.5) is 14.6 Å². The van der Waals surface area contributed by atoms with Crippen LogP contribution in [0.25, 0.3) is 5.82 Å². The second-order valence-corrected chi connectivity index (χ2v) is 5.55. The number of halogens is 2. The van der Waals surface area contributed by atoms with Gasteiger partial charge in [0.1, 0.15) is 17.5 Å². The number of rotatable bonds is 5. The second kappa shape index (κ2) is 7.21. The lowest BCUT2D eigenvalue weighted by Crippen LogP contribution is -2.16. The zero-order valence-electron chi connectivity index (χ0n) is 13.5. The number of nitrogens with one attached hydrogen (secondary N) is 1. The van der Waals surface area contributed by atoms with Crippen LogP contribution in [0.2, 0.25) is 0 Å². The lowest BCUT2D eigenvalue weighted by atomic mass is 10.1. The molecule has 7 heteroatoms. The molecule has 3 rings (SSSR count). The quantitative estimate of drug-likeness (QED) is 0.773. The maximum absolute atomic E-state index is 13.6. The first-order chi connectivity index (χ1) is 12.0. The summed E-state index contributed by atoms with van der Waals surface area (Å²) in [6, 6.07) is 10.4. The maximum Gasteiger partial charge on any atom is 0.225 e. The van der Waals surface area contributed by atoms with E-state index in [4.69, 9.17) is 0 Å². The van der Waals surface area contributed by atoms with Crippen LogP contribution in [0.5, 0.6) is 0 Å². The van der Waals surface area contributed by atoms with E-state index in [0.717, 1.165) is 11.8 Å². The van der Waals surface area contributed by atoms with Crippen molar-refractivity contribution in [2.24, 2.45) is 0 Å². The molecule has 3 aromatic rings. The van der Waals surface area contributed by atoms with Gasteiger partial charge in [0, 0.05) is 24.8 Å². The van der Waals surface area contributed by atoms with E-state index in [-0.39, 0.29) is 18.7 Å². The monoisotopic (exact) mass is 342 g/mol. The first-order valence-corrected chi connectivity index (χ1v) is 7.75. The number of amides is 1. The molecule has 128 valence electrons. The van der Waals surface area contributed by atoms with E-state index in [9.17, 15) is 13.6 Å². The van der Waals surface area contributed by atoms with Crippen LogP contribution in [0.1, 0.15) is 17.7 Å². The minimum atomic E-state index is -0.651. The fourth-order valence-electron chi connectivity index (χ4n) is 2.42. The van der Waals surface area contributed by atoms with Gasteiger partial charge in [0.15, 0.2) is 5.82 Å². The number of carbonyl (C=O) groups is 1. The predicted molar refractivity (Wildman–Crippen MR) is 89.4 cm³/mol. The Morgan fingerprint density at radius 3 is 2.76 bits per heavy atom. The zero-order valence-corrected chi connectivity index (χ0v) is 13.5. The number of benzene rings is 1. The molecular formula is C18H16F2N4O. The number of aryl methyl sites for hydroxylation is 2. The van der Waals surface area contributed by atoms with Gasteiger partial charge in [-0.3, -0.25) is 4.79 Å². The van der Waals surface area contributed by atoms with Crippen LogP contribution >= 0.6 is 0 Å². The van der Waals surface area contributed by atoms with Gasteiger partial charge < -0.3 is 5.32 Å². The molecule has 1 N–H and O–H groups in total. The summed E-state index contributed by atoms with van der Waals surface area (Å²) in [4.78, 5) is 16.4. The molecule has 0 fully saturated rings. The molecule has 0 spiro atoms. The van der Waals surface area contributed by atoms with Crippen LogP contribution in [0, 0.1) is 18.6 Å². The van der Waals surface area contributed by atoms with Crippen molar-refractivity contribution in [1.29, 1.82) is 0 Å². The number of anilines is 1. The average Bonchev–Trinajstić information content (AvgIpc) is 2.95. The second-order valence-electron chi connectivity index (χ2n) is 5.55. The SMILES string of the molecule is Cc1cc(NC(=O)CCc2ccc(F)cc2F)n(-c2ccccn2)n1. The normalized spacial score (nSPS) is 10.7. The molecule has 2 aromatic heterocycles. The highest BCUT2D eigenvalue weighted by Gasteiger charge is 2.12. The smallest absolute Gasteiger partial charge is 0.225 e. The van der Waals surface area contributed by atoms with Crippen LogP contribution in [-0.2, 0) is 11.2 Å². The molecule has 0 saturated carbocycles. The van der Waals surface area contributed by atoms with Crippen molar-refractivity contribution in [2.75, 3.05) is 5.32 Å². The number of hydrogen-bond donors (Lipinski definition) is 1. The van der Waals surface area contributed by atoms with Crippen molar-refractivity contribution in [2.45, 2.75) is 19.8 Å². The van der Waals surface area contributed by atoms with E-state index in [1.165, 1.54) is 16.8 Å². The molecule has 0 radical (unpaired) electrons. The molecule has 0 bridgehead atoms. The van der Waals surface area contributed by atoms with E-state index in [2.05, 4.69) is 15.4 Å². The summed E-state index contributed by atoms with van der Waals surface area (Å²) in [5.41, 5.74) is 1.02. The molecule has 1 aromatic carbocycles. The Morgan fingerprint density at radius 1 is 1.20 bits per heavy atom. The molecule has 1 amide bonds. The van der Waals surface area contributed by atoms with Gasteiger partial charge in [-0.1, -0.05) is 12.1 Å². The molecular weight excluding hydrogens is 326 g/mol. The topological polar surface area (TPSA) is 59.8 Å². The standard InChI is InChI=1S/C18H16F2N4O/c1-12-10-17(24(23-12)16-4-2-3-9-21-16)22-18(25)8-6-13-5-7-14(19)11-15(13)20/h2-5,7,9-11H,6,8H2,1H3,(H,22,25).